The first-order chi connectivity index (χ1) is 13.1. The number of rotatable bonds is 4. The van der Waals surface area contributed by atoms with Crippen LogP contribution in [0.3, 0.4) is 0 Å². The molecule has 6 heteroatoms. The van der Waals surface area contributed by atoms with Crippen molar-refractivity contribution in [3.8, 4) is 0 Å². The molecule has 0 spiro atoms. The minimum absolute atomic E-state index is 0.0424. The monoisotopic (exact) mass is 380 g/mol. The van der Waals surface area contributed by atoms with Crippen LogP contribution in [-0.4, -0.2) is 40.4 Å². The minimum Gasteiger partial charge on any atom is -0.362 e. The zero-order valence-electron chi connectivity index (χ0n) is 18.1. The first-order valence-electron chi connectivity index (χ1n) is 10.1. The molecule has 2 aromatic rings. The highest BCUT2D eigenvalue weighted by atomic mass is 15.4. The molecule has 150 valence electrons. The Morgan fingerprint density at radius 3 is 2.21 bits per heavy atom. The lowest BCUT2D eigenvalue weighted by molar-refractivity contribution is 0.296. The summed E-state index contributed by atoms with van der Waals surface area (Å²) >= 11 is 0. The fraction of sp³-hybridized carbons (Fsp3) is 0.545. The van der Waals surface area contributed by atoms with Crippen molar-refractivity contribution < 1.29 is 0 Å². The maximum Gasteiger partial charge on any atom is 0.0990 e. The summed E-state index contributed by atoms with van der Waals surface area (Å²) in [5.41, 5.74) is 4.73. The number of hydrogen-bond donors (Lipinski definition) is 1. The molecule has 2 atom stereocenters. The molecule has 0 bridgehead atoms. The van der Waals surface area contributed by atoms with E-state index in [0.29, 0.717) is 0 Å². The molecule has 0 unspecified atom stereocenters. The van der Waals surface area contributed by atoms with Gasteiger partial charge in [0.05, 0.1) is 47.5 Å². The van der Waals surface area contributed by atoms with Gasteiger partial charge in [-0.1, -0.05) is 0 Å². The van der Waals surface area contributed by atoms with Crippen molar-refractivity contribution in [2.24, 2.45) is 0 Å². The largest absolute Gasteiger partial charge is 0.362 e. The lowest BCUT2D eigenvalue weighted by Gasteiger charge is -2.49. The Labute approximate surface area is 168 Å². The SMILES string of the molecule is C[C@@H]1Nc2cnccc2N1C(C)(C)CC(C)(C)N1c2ccncc2N(C)[C@@H]1C. The standard InChI is InChI=1S/C22H32N6/c1-15-25-17-12-23-10-8-18(17)27(15)21(3,4)14-22(5,6)28-16(2)26(7)20-13-24-11-9-19(20)28/h8-13,15-16,25H,14H2,1-7H3/t15-,16+/m1/s1. The molecule has 2 aliphatic rings. The molecular formula is C22H32N6. The molecule has 0 fully saturated rings. The smallest absolute Gasteiger partial charge is 0.0990 e. The fourth-order valence-electron chi connectivity index (χ4n) is 5.55. The number of anilines is 4. The summed E-state index contributed by atoms with van der Waals surface area (Å²) in [5.74, 6) is 0. The Morgan fingerprint density at radius 2 is 1.50 bits per heavy atom. The third-order valence-corrected chi connectivity index (χ3v) is 6.33. The topological polar surface area (TPSA) is 47.5 Å². The molecule has 0 amide bonds. The highest BCUT2D eigenvalue weighted by Crippen LogP contribution is 2.46. The van der Waals surface area contributed by atoms with Gasteiger partial charge in [-0.05, 0) is 60.1 Å². The Kier molecular flexibility index (Phi) is 4.21. The van der Waals surface area contributed by atoms with E-state index < -0.39 is 0 Å². The van der Waals surface area contributed by atoms with Crippen LogP contribution >= 0.6 is 0 Å². The Hall–Kier alpha value is -2.50. The number of pyridine rings is 2. The second-order valence-electron chi connectivity index (χ2n) is 9.36. The van der Waals surface area contributed by atoms with E-state index in [4.69, 9.17) is 0 Å². The van der Waals surface area contributed by atoms with Crippen molar-refractivity contribution in [2.45, 2.75) is 71.4 Å². The third kappa shape index (κ3) is 2.77. The molecule has 0 radical (unpaired) electrons. The van der Waals surface area contributed by atoms with E-state index in [2.05, 4.69) is 90.7 Å². The van der Waals surface area contributed by atoms with Gasteiger partial charge in [-0.25, -0.2) is 0 Å². The van der Waals surface area contributed by atoms with Crippen molar-refractivity contribution in [1.29, 1.82) is 0 Å². The summed E-state index contributed by atoms with van der Waals surface area (Å²) in [6.07, 6.45) is 9.21. The van der Waals surface area contributed by atoms with Crippen LogP contribution in [0.4, 0.5) is 22.7 Å². The molecule has 1 N–H and O–H groups in total. The maximum absolute atomic E-state index is 4.34. The van der Waals surface area contributed by atoms with Gasteiger partial charge in [0, 0.05) is 30.5 Å². The molecule has 4 rings (SSSR count). The quantitative estimate of drug-likeness (QED) is 0.853. The first kappa shape index (κ1) is 18.8. The molecule has 4 heterocycles. The van der Waals surface area contributed by atoms with Crippen LogP contribution in [-0.2, 0) is 0 Å². The normalized spacial score (nSPS) is 21.6. The summed E-state index contributed by atoms with van der Waals surface area (Å²) in [4.78, 5) is 16.0. The summed E-state index contributed by atoms with van der Waals surface area (Å²) in [6, 6.07) is 4.26. The van der Waals surface area contributed by atoms with Gasteiger partial charge in [-0.2, -0.15) is 0 Å². The van der Waals surface area contributed by atoms with Crippen LogP contribution in [0.5, 0.6) is 0 Å². The van der Waals surface area contributed by atoms with Gasteiger partial charge in [0.25, 0.3) is 0 Å². The van der Waals surface area contributed by atoms with E-state index in [-0.39, 0.29) is 23.4 Å². The van der Waals surface area contributed by atoms with Gasteiger partial charge in [-0.15, -0.1) is 0 Å². The highest BCUT2D eigenvalue weighted by molar-refractivity contribution is 5.78. The van der Waals surface area contributed by atoms with Crippen molar-refractivity contribution in [2.75, 3.05) is 27.1 Å². The zero-order chi connectivity index (χ0) is 20.3. The maximum atomic E-state index is 4.34. The van der Waals surface area contributed by atoms with E-state index in [0.717, 1.165) is 12.1 Å². The molecule has 0 aromatic carbocycles. The molecular weight excluding hydrogens is 348 g/mol. The summed E-state index contributed by atoms with van der Waals surface area (Å²) in [5, 5.41) is 3.57. The van der Waals surface area contributed by atoms with Gasteiger partial charge >= 0.3 is 0 Å². The lowest BCUT2D eigenvalue weighted by Crippen LogP contribution is -2.58. The Morgan fingerprint density at radius 1 is 0.893 bits per heavy atom. The van der Waals surface area contributed by atoms with Crippen molar-refractivity contribution >= 4 is 22.7 Å². The molecule has 2 aliphatic heterocycles. The van der Waals surface area contributed by atoms with Crippen LogP contribution in [0, 0.1) is 0 Å². The van der Waals surface area contributed by atoms with Gasteiger partial charge in [0.2, 0.25) is 0 Å². The molecule has 28 heavy (non-hydrogen) atoms. The van der Waals surface area contributed by atoms with Crippen LogP contribution in [0.15, 0.2) is 36.9 Å². The molecule has 6 nitrogen and oxygen atoms in total. The van der Waals surface area contributed by atoms with Crippen LogP contribution in [0.1, 0.15) is 48.0 Å². The van der Waals surface area contributed by atoms with Crippen molar-refractivity contribution in [1.82, 2.24) is 9.97 Å². The minimum atomic E-state index is -0.0450. The fourth-order valence-corrected chi connectivity index (χ4v) is 5.55. The lowest BCUT2D eigenvalue weighted by atomic mass is 9.83. The number of hydrogen-bond acceptors (Lipinski definition) is 6. The molecule has 2 aromatic heterocycles. The second-order valence-corrected chi connectivity index (χ2v) is 9.36. The molecule has 0 saturated heterocycles. The van der Waals surface area contributed by atoms with Crippen LogP contribution in [0.2, 0.25) is 0 Å². The number of nitrogens with one attached hydrogen (secondary N) is 1. The second kappa shape index (κ2) is 6.26. The Balaban J connectivity index is 1.66. The predicted octanol–water partition coefficient (Wildman–Crippen LogP) is 4.30. The predicted molar refractivity (Wildman–Crippen MR) is 117 cm³/mol. The van der Waals surface area contributed by atoms with Gasteiger partial charge in [-0.3, -0.25) is 9.97 Å². The van der Waals surface area contributed by atoms with E-state index in [1.807, 2.05) is 24.8 Å². The highest BCUT2D eigenvalue weighted by Gasteiger charge is 2.45. The van der Waals surface area contributed by atoms with Gasteiger partial charge in [0.1, 0.15) is 0 Å². The van der Waals surface area contributed by atoms with Crippen molar-refractivity contribution in [3.05, 3.63) is 36.9 Å². The van der Waals surface area contributed by atoms with Gasteiger partial charge in [0.15, 0.2) is 0 Å². The summed E-state index contributed by atoms with van der Waals surface area (Å²) in [7, 11) is 2.15. The molecule has 0 saturated carbocycles. The summed E-state index contributed by atoms with van der Waals surface area (Å²) in [6.45, 7) is 13.9. The summed E-state index contributed by atoms with van der Waals surface area (Å²) < 4.78 is 0. The average Bonchev–Trinajstić information content (AvgIpc) is 3.09. The first-order valence-corrected chi connectivity index (χ1v) is 10.1. The van der Waals surface area contributed by atoms with Crippen LogP contribution < -0.4 is 20.0 Å². The Bertz CT molecular complexity index is 877. The number of aromatic nitrogens is 2. The average molecular weight is 381 g/mol. The van der Waals surface area contributed by atoms with Crippen molar-refractivity contribution in [3.63, 3.8) is 0 Å². The van der Waals surface area contributed by atoms with Crippen LogP contribution in [0.25, 0.3) is 0 Å². The van der Waals surface area contributed by atoms with E-state index >= 15 is 0 Å². The van der Waals surface area contributed by atoms with E-state index in [1.165, 1.54) is 17.1 Å². The number of fused-ring (bicyclic) bond motifs is 2. The van der Waals surface area contributed by atoms with Gasteiger partial charge < -0.3 is 20.0 Å². The molecule has 0 aliphatic carbocycles. The third-order valence-electron chi connectivity index (χ3n) is 6.33. The number of nitrogens with zero attached hydrogens (tertiary/aromatic N) is 5. The van der Waals surface area contributed by atoms with E-state index in [9.17, 15) is 0 Å². The zero-order valence-corrected chi connectivity index (χ0v) is 18.1. The van der Waals surface area contributed by atoms with E-state index in [1.54, 1.807) is 0 Å².